The minimum atomic E-state index is -0.479. The molecule has 0 fully saturated rings. The zero-order valence-electron chi connectivity index (χ0n) is 17.0. The molecule has 0 heterocycles. The number of hydrogen-bond acceptors (Lipinski definition) is 2. The lowest BCUT2D eigenvalue weighted by Crippen LogP contribution is -2.39. The summed E-state index contributed by atoms with van der Waals surface area (Å²) >= 11 is 0. The molecule has 1 aliphatic carbocycles. The van der Waals surface area contributed by atoms with Crippen LogP contribution in [-0.4, -0.2) is 12.0 Å². The topological polar surface area (TPSA) is 38.3 Å². The van der Waals surface area contributed by atoms with Gasteiger partial charge in [0.2, 0.25) is 0 Å². The smallest absolute Gasteiger partial charge is 0.261 e. The second-order valence-corrected chi connectivity index (χ2v) is 7.73. The first-order chi connectivity index (χ1) is 13.0. The van der Waals surface area contributed by atoms with E-state index < -0.39 is 6.10 Å². The summed E-state index contributed by atoms with van der Waals surface area (Å²) in [5.41, 5.74) is 6.47. The fraction of sp³-hybridized carbons (Fsp3) is 0.458. The summed E-state index contributed by atoms with van der Waals surface area (Å²) in [5, 5.41) is 3.14. The molecule has 0 spiro atoms. The van der Waals surface area contributed by atoms with Gasteiger partial charge in [0.15, 0.2) is 6.10 Å². The first-order valence-electron chi connectivity index (χ1n) is 10.1. The van der Waals surface area contributed by atoms with Gasteiger partial charge in [-0.15, -0.1) is 0 Å². The monoisotopic (exact) mass is 365 g/mol. The highest BCUT2D eigenvalue weighted by Gasteiger charge is 2.21. The number of fused-ring (bicyclic) bond motifs is 1. The van der Waals surface area contributed by atoms with Gasteiger partial charge in [-0.25, -0.2) is 0 Å². The summed E-state index contributed by atoms with van der Waals surface area (Å²) in [6, 6.07) is 12.6. The van der Waals surface area contributed by atoms with Crippen LogP contribution in [0.5, 0.6) is 5.75 Å². The van der Waals surface area contributed by atoms with Gasteiger partial charge in [-0.3, -0.25) is 4.79 Å². The molecule has 0 radical (unpaired) electrons. The van der Waals surface area contributed by atoms with E-state index in [-0.39, 0.29) is 11.9 Å². The molecule has 0 bridgehead atoms. The summed E-state index contributed by atoms with van der Waals surface area (Å²) in [7, 11) is 0. The van der Waals surface area contributed by atoms with Crippen LogP contribution in [0.3, 0.4) is 0 Å². The Kier molecular flexibility index (Phi) is 6.20. The van der Waals surface area contributed by atoms with Crippen molar-refractivity contribution >= 4 is 5.91 Å². The zero-order chi connectivity index (χ0) is 19.4. The Morgan fingerprint density at radius 2 is 1.78 bits per heavy atom. The molecule has 1 amide bonds. The van der Waals surface area contributed by atoms with E-state index in [0.29, 0.717) is 6.42 Å². The van der Waals surface area contributed by atoms with Crippen LogP contribution in [0.1, 0.15) is 67.0 Å². The molecule has 2 atom stereocenters. The van der Waals surface area contributed by atoms with Crippen molar-refractivity contribution in [1.29, 1.82) is 0 Å². The summed E-state index contributed by atoms with van der Waals surface area (Å²) in [6.45, 7) is 8.16. The van der Waals surface area contributed by atoms with Crippen LogP contribution in [0.15, 0.2) is 36.4 Å². The number of rotatable bonds is 6. The molecule has 0 saturated carbocycles. The summed E-state index contributed by atoms with van der Waals surface area (Å²) in [4.78, 5) is 12.8. The quantitative estimate of drug-likeness (QED) is 0.762. The first kappa shape index (κ1) is 19.5. The lowest BCUT2D eigenvalue weighted by Gasteiger charge is -2.23. The third-order valence-electron chi connectivity index (χ3n) is 5.65. The highest BCUT2D eigenvalue weighted by molar-refractivity contribution is 5.81. The van der Waals surface area contributed by atoms with Crippen LogP contribution >= 0.6 is 0 Å². The molecule has 144 valence electrons. The molecular formula is C24H31NO2. The Balaban J connectivity index is 1.66. The number of nitrogens with one attached hydrogen (secondary N) is 1. The maximum Gasteiger partial charge on any atom is 0.261 e. The Hall–Kier alpha value is -2.29. The maximum atomic E-state index is 12.8. The van der Waals surface area contributed by atoms with Crippen LogP contribution in [0.2, 0.25) is 0 Å². The standard InChI is InChI=1S/C24H31NO2/c1-5-23(27-22-13-10-16(2)17(3)14-22)24(26)25-18(4)20-12-11-19-8-6-7-9-21(19)15-20/h10-15,18,23H,5-9H2,1-4H3,(H,25,26). The molecule has 1 N–H and O–H groups in total. The molecule has 1 aliphatic rings. The molecule has 3 rings (SSSR count). The normalized spacial score (nSPS) is 15.6. The molecule has 2 unspecified atom stereocenters. The van der Waals surface area contributed by atoms with Crippen LogP contribution in [0.25, 0.3) is 0 Å². The molecule has 3 nitrogen and oxygen atoms in total. The van der Waals surface area contributed by atoms with Crippen LogP contribution < -0.4 is 10.1 Å². The molecular weight excluding hydrogens is 334 g/mol. The molecule has 3 heteroatoms. The highest BCUT2D eigenvalue weighted by Crippen LogP contribution is 2.25. The average Bonchev–Trinajstić information content (AvgIpc) is 2.68. The van der Waals surface area contributed by atoms with Gasteiger partial charge in [0.05, 0.1) is 6.04 Å². The number of carbonyl (C=O) groups is 1. The number of amides is 1. The Morgan fingerprint density at radius 1 is 1.04 bits per heavy atom. The van der Waals surface area contributed by atoms with Gasteiger partial charge < -0.3 is 10.1 Å². The number of aryl methyl sites for hydroxylation is 4. The molecule has 0 aromatic heterocycles. The van der Waals surface area contributed by atoms with Gasteiger partial charge in [0.25, 0.3) is 5.91 Å². The third-order valence-corrected chi connectivity index (χ3v) is 5.65. The van der Waals surface area contributed by atoms with E-state index in [2.05, 4.69) is 37.4 Å². The number of hydrogen-bond donors (Lipinski definition) is 1. The van der Waals surface area contributed by atoms with Crippen molar-refractivity contribution in [1.82, 2.24) is 5.32 Å². The van der Waals surface area contributed by atoms with Crippen molar-refractivity contribution in [2.24, 2.45) is 0 Å². The van der Waals surface area contributed by atoms with Crippen LogP contribution in [0.4, 0.5) is 0 Å². The van der Waals surface area contributed by atoms with Crippen molar-refractivity contribution in [2.45, 2.75) is 71.9 Å². The first-order valence-corrected chi connectivity index (χ1v) is 10.1. The molecule has 0 saturated heterocycles. The maximum absolute atomic E-state index is 12.8. The van der Waals surface area contributed by atoms with Crippen molar-refractivity contribution in [3.8, 4) is 5.75 Å². The van der Waals surface area contributed by atoms with Gasteiger partial charge in [0.1, 0.15) is 5.75 Å². The summed E-state index contributed by atoms with van der Waals surface area (Å²) in [6.07, 6.45) is 5.03. The van der Waals surface area contributed by atoms with E-state index in [1.807, 2.05) is 32.0 Å². The molecule has 2 aromatic carbocycles. The van der Waals surface area contributed by atoms with E-state index in [9.17, 15) is 4.79 Å². The largest absolute Gasteiger partial charge is 0.481 e. The number of ether oxygens (including phenoxy) is 1. The van der Waals surface area contributed by atoms with E-state index in [4.69, 9.17) is 4.74 Å². The number of carbonyl (C=O) groups excluding carboxylic acids is 1. The predicted molar refractivity (Wildman–Crippen MR) is 110 cm³/mol. The lowest BCUT2D eigenvalue weighted by atomic mass is 9.89. The van der Waals surface area contributed by atoms with Crippen molar-refractivity contribution in [3.05, 3.63) is 64.2 Å². The molecule has 0 aliphatic heterocycles. The van der Waals surface area contributed by atoms with Crippen molar-refractivity contribution in [3.63, 3.8) is 0 Å². The van der Waals surface area contributed by atoms with Crippen molar-refractivity contribution < 1.29 is 9.53 Å². The van der Waals surface area contributed by atoms with Crippen LogP contribution in [-0.2, 0) is 17.6 Å². The van der Waals surface area contributed by atoms with E-state index in [1.165, 1.54) is 47.1 Å². The Morgan fingerprint density at radius 3 is 2.48 bits per heavy atom. The van der Waals surface area contributed by atoms with E-state index >= 15 is 0 Å². The molecule has 2 aromatic rings. The van der Waals surface area contributed by atoms with Gasteiger partial charge in [-0.05, 0) is 92.8 Å². The summed E-state index contributed by atoms with van der Waals surface area (Å²) < 4.78 is 5.98. The SMILES string of the molecule is CCC(Oc1ccc(C)c(C)c1)C(=O)NC(C)c1ccc2c(c1)CCCC2. The number of benzene rings is 2. The highest BCUT2D eigenvalue weighted by atomic mass is 16.5. The van der Waals surface area contributed by atoms with Gasteiger partial charge in [-0.1, -0.05) is 31.2 Å². The fourth-order valence-electron chi connectivity index (χ4n) is 3.69. The predicted octanol–water partition coefficient (Wildman–Crippen LogP) is 5.22. The molecule has 27 heavy (non-hydrogen) atoms. The minimum absolute atomic E-state index is 0.0258. The van der Waals surface area contributed by atoms with Crippen molar-refractivity contribution in [2.75, 3.05) is 0 Å². The average molecular weight is 366 g/mol. The third kappa shape index (κ3) is 4.71. The minimum Gasteiger partial charge on any atom is -0.481 e. The van der Waals surface area contributed by atoms with Crippen LogP contribution in [0, 0.1) is 13.8 Å². The van der Waals surface area contributed by atoms with E-state index in [0.717, 1.165) is 12.2 Å². The Labute approximate surface area is 163 Å². The summed E-state index contributed by atoms with van der Waals surface area (Å²) in [5.74, 6) is 0.697. The second kappa shape index (κ2) is 8.60. The fourth-order valence-corrected chi connectivity index (χ4v) is 3.69. The van der Waals surface area contributed by atoms with E-state index in [1.54, 1.807) is 0 Å². The van der Waals surface area contributed by atoms with Gasteiger partial charge in [0, 0.05) is 0 Å². The van der Waals surface area contributed by atoms with Gasteiger partial charge in [-0.2, -0.15) is 0 Å². The lowest BCUT2D eigenvalue weighted by molar-refractivity contribution is -0.128. The Bertz CT molecular complexity index is 812. The second-order valence-electron chi connectivity index (χ2n) is 7.73. The van der Waals surface area contributed by atoms with Gasteiger partial charge >= 0.3 is 0 Å². The zero-order valence-corrected chi connectivity index (χ0v) is 17.0.